The highest BCUT2D eigenvalue weighted by atomic mass is 16.1. The predicted molar refractivity (Wildman–Crippen MR) is 201 cm³/mol. The summed E-state index contributed by atoms with van der Waals surface area (Å²) in [7, 11) is 0. The Morgan fingerprint density at radius 2 is 0.917 bits per heavy atom. The van der Waals surface area contributed by atoms with E-state index >= 15 is 0 Å². The average molecular weight is 660 g/mol. The summed E-state index contributed by atoms with van der Waals surface area (Å²) in [6.45, 7) is 6.00. The molecule has 3 aromatic rings. The van der Waals surface area contributed by atoms with Crippen molar-refractivity contribution in [3.63, 3.8) is 0 Å². The first-order chi connectivity index (χ1) is 23.4. The number of aromatic amines is 1. The molecule has 0 radical (unpaired) electrons. The number of carbonyl (C=O) groups excluding carboxylic acids is 1. The summed E-state index contributed by atoms with van der Waals surface area (Å²) in [6.07, 6.45) is 29.2. The number of rotatable bonds is 22. The normalized spacial score (nSPS) is 12.2. The SMILES string of the molecule is CCCCCCCCCCCCn1c(=O)ccc2c1ccc(=O)n2CCCCCCCCCCCC.O=C1C=Cc2[nH]c(=O)ccc2C1. The van der Waals surface area contributed by atoms with E-state index in [-0.39, 0.29) is 22.5 Å². The maximum Gasteiger partial charge on any atom is 0.251 e. The molecule has 1 aliphatic rings. The van der Waals surface area contributed by atoms with Gasteiger partial charge in [-0.15, -0.1) is 0 Å². The number of hydrogen-bond acceptors (Lipinski definition) is 4. The summed E-state index contributed by atoms with van der Waals surface area (Å²) in [5.41, 5.74) is 3.41. The van der Waals surface area contributed by atoms with Crippen molar-refractivity contribution < 1.29 is 4.79 Å². The third-order valence-corrected chi connectivity index (χ3v) is 9.45. The van der Waals surface area contributed by atoms with Crippen molar-refractivity contribution in [3.05, 3.63) is 84.8 Å². The van der Waals surface area contributed by atoms with Crippen LogP contribution in [-0.4, -0.2) is 19.9 Å². The van der Waals surface area contributed by atoms with E-state index in [2.05, 4.69) is 18.8 Å². The van der Waals surface area contributed by atoms with Gasteiger partial charge in [0.15, 0.2) is 5.78 Å². The average Bonchev–Trinajstić information content (AvgIpc) is 3.08. The first kappa shape index (κ1) is 39.0. The maximum atomic E-state index is 12.6. The Morgan fingerprint density at radius 1 is 0.500 bits per heavy atom. The molecule has 3 aromatic heterocycles. The van der Waals surface area contributed by atoms with Crippen molar-refractivity contribution in [2.24, 2.45) is 0 Å². The molecule has 0 aromatic carbocycles. The monoisotopic (exact) mass is 659 g/mol. The number of nitrogens with zero attached hydrogens (tertiary/aromatic N) is 2. The maximum absolute atomic E-state index is 12.6. The molecule has 1 aliphatic carbocycles. The number of H-pyrrole nitrogens is 1. The summed E-state index contributed by atoms with van der Waals surface area (Å²) in [6, 6.07) is 10.1. The Hall–Kier alpha value is -3.48. The van der Waals surface area contributed by atoms with Crippen molar-refractivity contribution in [1.82, 2.24) is 14.1 Å². The Labute approximate surface area is 287 Å². The zero-order chi connectivity index (χ0) is 34.4. The van der Waals surface area contributed by atoms with E-state index in [1.807, 2.05) is 21.3 Å². The van der Waals surface area contributed by atoms with Gasteiger partial charge in [0.25, 0.3) is 11.1 Å². The highest BCUT2D eigenvalue weighted by Gasteiger charge is 2.10. The second kappa shape index (κ2) is 23.0. The second-order valence-electron chi connectivity index (χ2n) is 13.5. The summed E-state index contributed by atoms with van der Waals surface area (Å²) in [4.78, 5) is 49.7. The Kier molecular flexibility index (Phi) is 18.7. The molecule has 48 heavy (non-hydrogen) atoms. The molecule has 0 unspecified atom stereocenters. The van der Waals surface area contributed by atoms with Gasteiger partial charge in [0.2, 0.25) is 5.56 Å². The standard InChI is InChI=1S/C32H54N2O2.C9H7NO2/c1-3-5-7-9-11-13-15-17-19-21-27-33-29-23-26-32(36)34(30(29)24-25-31(33)35)28-22-20-18-16-14-12-10-8-6-4-2;11-7-2-3-8-6(5-7)1-4-9(12)10-8/h23-26H,3-22,27-28H2,1-2H3;1-4H,5H2,(H,10,12). The minimum Gasteiger partial charge on any atom is -0.322 e. The van der Waals surface area contributed by atoms with Gasteiger partial charge < -0.3 is 14.1 Å². The van der Waals surface area contributed by atoms with Gasteiger partial charge in [-0.25, -0.2) is 0 Å². The van der Waals surface area contributed by atoms with Crippen LogP contribution in [0.1, 0.15) is 154 Å². The van der Waals surface area contributed by atoms with Gasteiger partial charge in [-0.2, -0.15) is 0 Å². The van der Waals surface area contributed by atoms with Crippen LogP contribution < -0.4 is 16.7 Å². The van der Waals surface area contributed by atoms with Gasteiger partial charge in [0.05, 0.1) is 11.0 Å². The van der Waals surface area contributed by atoms with Crippen LogP contribution in [0.4, 0.5) is 0 Å². The molecule has 0 saturated carbocycles. The number of allylic oxidation sites excluding steroid dienone is 1. The van der Waals surface area contributed by atoms with E-state index in [0.717, 1.165) is 61.1 Å². The number of hydrogen-bond donors (Lipinski definition) is 1. The van der Waals surface area contributed by atoms with Crippen LogP contribution in [0.15, 0.2) is 56.9 Å². The molecule has 3 heterocycles. The van der Waals surface area contributed by atoms with Gasteiger partial charge in [-0.05, 0) is 42.7 Å². The molecule has 0 bridgehead atoms. The van der Waals surface area contributed by atoms with Gasteiger partial charge in [0, 0.05) is 43.4 Å². The quantitative estimate of drug-likeness (QED) is 0.109. The highest BCUT2D eigenvalue weighted by molar-refractivity contribution is 5.97. The van der Waals surface area contributed by atoms with E-state index in [0.29, 0.717) is 6.42 Å². The van der Waals surface area contributed by atoms with Crippen molar-refractivity contribution in [2.45, 2.75) is 162 Å². The first-order valence-corrected chi connectivity index (χ1v) is 19.1. The van der Waals surface area contributed by atoms with E-state index in [9.17, 15) is 19.2 Å². The number of aryl methyl sites for hydroxylation is 2. The van der Waals surface area contributed by atoms with Crippen LogP contribution in [0, 0.1) is 0 Å². The van der Waals surface area contributed by atoms with Gasteiger partial charge in [0.1, 0.15) is 0 Å². The van der Waals surface area contributed by atoms with Crippen LogP contribution in [0.5, 0.6) is 0 Å². The topological polar surface area (TPSA) is 93.9 Å². The summed E-state index contributed by atoms with van der Waals surface area (Å²) < 4.78 is 3.77. The molecule has 0 aliphatic heterocycles. The molecule has 0 atom stereocenters. The zero-order valence-electron chi connectivity index (χ0n) is 29.9. The molecule has 7 nitrogen and oxygen atoms in total. The fourth-order valence-electron chi connectivity index (χ4n) is 6.57. The molecule has 264 valence electrons. The fraction of sp³-hybridized carbons (Fsp3) is 0.610. The van der Waals surface area contributed by atoms with Crippen LogP contribution >= 0.6 is 0 Å². The third-order valence-electron chi connectivity index (χ3n) is 9.45. The fourth-order valence-corrected chi connectivity index (χ4v) is 6.57. The number of carbonyl (C=O) groups is 1. The highest BCUT2D eigenvalue weighted by Crippen LogP contribution is 2.16. The van der Waals surface area contributed by atoms with Gasteiger partial charge in [-0.3, -0.25) is 19.2 Å². The minimum atomic E-state index is -0.132. The van der Waals surface area contributed by atoms with E-state index < -0.39 is 0 Å². The minimum absolute atomic E-state index is 0.0440. The van der Waals surface area contributed by atoms with E-state index in [1.54, 1.807) is 24.3 Å². The molecule has 0 saturated heterocycles. The van der Waals surface area contributed by atoms with Crippen LogP contribution in [0.2, 0.25) is 0 Å². The summed E-state index contributed by atoms with van der Waals surface area (Å²) in [5, 5.41) is 0. The predicted octanol–water partition coefficient (Wildman–Crippen LogP) is 9.52. The Morgan fingerprint density at radius 3 is 1.35 bits per heavy atom. The molecule has 0 spiro atoms. The number of ketones is 1. The van der Waals surface area contributed by atoms with Crippen molar-refractivity contribution in [3.8, 4) is 0 Å². The Bertz CT molecular complexity index is 1500. The number of unbranched alkanes of at least 4 members (excludes halogenated alkanes) is 18. The first-order valence-electron chi connectivity index (χ1n) is 19.1. The smallest absolute Gasteiger partial charge is 0.251 e. The van der Waals surface area contributed by atoms with E-state index in [1.165, 1.54) is 115 Å². The number of fused-ring (bicyclic) bond motifs is 2. The molecule has 4 rings (SSSR count). The van der Waals surface area contributed by atoms with Gasteiger partial charge >= 0.3 is 0 Å². The lowest BCUT2D eigenvalue weighted by atomic mass is 10.0. The van der Waals surface area contributed by atoms with E-state index in [4.69, 9.17) is 0 Å². The lowest BCUT2D eigenvalue weighted by Gasteiger charge is -2.14. The third kappa shape index (κ3) is 13.9. The lowest BCUT2D eigenvalue weighted by molar-refractivity contribution is -0.114. The van der Waals surface area contributed by atoms with Crippen molar-refractivity contribution in [2.75, 3.05) is 0 Å². The van der Waals surface area contributed by atoms with Crippen molar-refractivity contribution >= 4 is 22.9 Å². The van der Waals surface area contributed by atoms with Crippen LogP contribution in [-0.2, 0) is 24.3 Å². The Balaban J connectivity index is 0.000000431. The summed E-state index contributed by atoms with van der Waals surface area (Å²) in [5.74, 6) is 0.0783. The second-order valence-corrected chi connectivity index (χ2v) is 13.5. The van der Waals surface area contributed by atoms with Crippen LogP contribution in [0.3, 0.4) is 0 Å². The molecule has 1 N–H and O–H groups in total. The molecule has 0 fully saturated rings. The molecular weight excluding hydrogens is 598 g/mol. The largest absolute Gasteiger partial charge is 0.322 e. The molecular formula is C41H61N3O4. The zero-order valence-corrected chi connectivity index (χ0v) is 29.9. The number of nitrogens with one attached hydrogen (secondary N) is 1. The van der Waals surface area contributed by atoms with Gasteiger partial charge in [-0.1, -0.05) is 135 Å². The van der Waals surface area contributed by atoms with Crippen molar-refractivity contribution in [1.29, 1.82) is 0 Å². The molecule has 7 heteroatoms. The lowest BCUT2D eigenvalue weighted by Crippen LogP contribution is -2.25. The molecule has 0 amide bonds. The van der Waals surface area contributed by atoms with Crippen LogP contribution in [0.25, 0.3) is 17.1 Å². The number of pyridine rings is 3. The summed E-state index contributed by atoms with van der Waals surface area (Å²) >= 11 is 0. The number of aromatic nitrogens is 3.